The highest BCUT2D eigenvalue weighted by molar-refractivity contribution is 7.16. The second kappa shape index (κ2) is 6.72. The van der Waals surface area contributed by atoms with Crippen molar-refractivity contribution in [1.29, 1.82) is 0 Å². The van der Waals surface area contributed by atoms with Gasteiger partial charge in [-0.3, -0.25) is 14.3 Å². The maximum Gasteiger partial charge on any atom is 0.315 e. The molecule has 1 aliphatic rings. The van der Waals surface area contributed by atoms with E-state index in [1.165, 1.54) is 11.3 Å². The third kappa shape index (κ3) is 3.33. The molecular formula is C16H20N4O3S. The monoisotopic (exact) mass is 348 g/mol. The van der Waals surface area contributed by atoms with Crippen LogP contribution in [0.3, 0.4) is 0 Å². The van der Waals surface area contributed by atoms with Crippen LogP contribution in [0.1, 0.15) is 41.2 Å². The van der Waals surface area contributed by atoms with Crippen LogP contribution in [0.4, 0.5) is 5.13 Å². The zero-order chi connectivity index (χ0) is 17.3. The van der Waals surface area contributed by atoms with Crippen LogP contribution in [-0.4, -0.2) is 33.2 Å². The molecule has 0 aliphatic heterocycles. The van der Waals surface area contributed by atoms with Gasteiger partial charge in [0.25, 0.3) is 0 Å². The Balaban J connectivity index is 1.67. The number of aryl methyl sites for hydroxylation is 3. The second-order valence-electron chi connectivity index (χ2n) is 5.80. The summed E-state index contributed by atoms with van der Waals surface area (Å²) in [6, 6.07) is 1.93. The average molecular weight is 348 g/mol. The van der Waals surface area contributed by atoms with Gasteiger partial charge < -0.3 is 10.1 Å². The molecule has 24 heavy (non-hydrogen) atoms. The number of hydrogen-bond donors (Lipinski definition) is 1. The minimum Gasteiger partial charge on any atom is -0.465 e. The number of nitrogens with zero attached hydrogens (tertiary/aromatic N) is 3. The van der Waals surface area contributed by atoms with Crippen molar-refractivity contribution in [2.45, 2.75) is 46.1 Å². The van der Waals surface area contributed by atoms with Gasteiger partial charge >= 0.3 is 5.97 Å². The maximum absolute atomic E-state index is 12.2. The van der Waals surface area contributed by atoms with Gasteiger partial charge in [0.2, 0.25) is 5.91 Å². The smallest absolute Gasteiger partial charge is 0.315 e. The van der Waals surface area contributed by atoms with Crippen molar-refractivity contribution >= 4 is 28.3 Å². The van der Waals surface area contributed by atoms with Gasteiger partial charge in [0.05, 0.1) is 18.0 Å². The van der Waals surface area contributed by atoms with Gasteiger partial charge in [0.1, 0.15) is 12.5 Å². The predicted molar refractivity (Wildman–Crippen MR) is 90.1 cm³/mol. The van der Waals surface area contributed by atoms with Crippen LogP contribution in [0.5, 0.6) is 0 Å². The van der Waals surface area contributed by atoms with E-state index < -0.39 is 0 Å². The molecular weight excluding hydrogens is 328 g/mol. The quantitative estimate of drug-likeness (QED) is 0.837. The molecule has 1 aliphatic carbocycles. The average Bonchev–Trinajstić information content (AvgIpc) is 3.14. The summed E-state index contributed by atoms with van der Waals surface area (Å²) < 4.78 is 6.75. The molecule has 7 nitrogen and oxygen atoms in total. The topological polar surface area (TPSA) is 86.1 Å². The Morgan fingerprint density at radius 2 is 2.25 bits per heavy atom. The molecule has 2 aromatic heterocycles. The summed E-state index contributed by atoms with van der Waals surface area (Å²) in [6.07, 6.45) is 1.52. The summed E-state index contributed by atoms with van der Waals surface area (Å²) in [5.41, 5.74) is 2.57. The normalized spacial score (nSPS) is 16.0. The third-order valence-corrected chi connectivity index (χ3v) is 4.98. The van der Waals surface area contributed by atoms with Crippen LogP contribution < -0.4 is 5.32 Å². The molecule has 1 unspecified atom stereocenters. The van der Waals surface area contributed by atoms with Crippen molar-refractivity contribution in [3.63, 3.8) is 0 Å². The maximum atomic E-state index is 12.2. The van der Waals surface area contributed by atoms with Crippen LogP contribution in [-0.2, 0) is 27.3 Å². The number of ether oxygens (including phenoxy) is 1. The Labute approximate surface area is 144 Å². The van der Waals surface area contributed by atoms with Crippen LogP contribution in [0.2, 0.25) is 0 Å². The Hall–Kier alpha value is -2.22. The van der Waals surface area contributed by atoms with E-state index in [-0.39, 0.29) is 24.3 Å². The Kier molecular flexibility index (Phi) is 4.66. The molecule has 0 saturated carbocycles. The molecule has 0 spiro atoms. The number of thiazole rings is 1. The minimum absolute atomic E-state index is 0.144. The number of amides is 1. The zero-order valence-corrected chi connectivity index (χ0v) is 14.8. The molecule has 0 radical (unpaired) electrons. The largest absolute Gasteiger partial charge is 0.465 e. The highest BCUT2D eigenvalue weighted by Gasteiger charge is 2.33. The number of hydrogen-bond acceptors (Lipinski definition) is 6. The Bertz CT molecular complexity index is 780. The number of anilines is 1. The lowest BCUT2D eigenvalue weighted by Crippen LogP contribution is -2.20. The first kappa shape index (κ1) is 16.6. The van der Waals surface area contributed by atoms with Crippen molar-refractivity contribution < 1.29 is 14.3 Å². The first-order valence-corrected chi connectivity index (χ1v) is 8.76. The van der Waals surface area contributed by atoms with E-state index in [9.17, 15) is 9.59 Å². The number of carbonyl (C=O) groups is 2. The Morgan fingerprint density at radius 3 is 2.92 bits per heavy atom. The summed E-state index contributed by atoms with van der Waals surface area (Å²) >= 11 is 1.43. The van der Waals surface area contributed by atoms with Crippen LogP contribution in [0.15, 0.2) is 6.07 Å². The van der Waals surface area contributed by atoms with Crippen molar-refractivity contribution in [3.8, 4) is 0 Å². The van der Waals surface area contributed by atoms with E-state index in [2.05, 4.69) is 15.4 Å². The molecule has 2 heterocycles. The number of rotatable bonds is 5. The van der Waals surface area contributed by atoms with Gasteiger partial charge in [0.15, 0.2) is 5.13 Å². The van der Waals surface area contributed by atoms with Crippen molar-refractivity contribution in [2.75, 3.05) is 11.9 Å². The molecule has 0 saturated heterocycles. The van der Waals surface area contributed by atoms with E-state index in [4.69, 9.17) is 4.74 Å². The number of nitrogens with one attached hydrogen (secondary N) is 1. The predicted octanol–water partition coefficient (Wildman–Crippen LogP) is 2.19. The van der Waals surface area contributed by atoms with Gasteiger partial charge in [-0.05, 0) is 39.7 Å². The number of fused-ring (bicyclic) bond motifs is 1. The highest BCUT2D eigenvalue weighted by atomic mass is 32.1. The molecule has 128 valence electrons. The first-order chi connectivity index (χ1) is 11.5. The summed E-state index contributed by atoms with van der Waals surface area (Å²) in [5, 5.41) is 7.61. The fraction of sp³-hybridized carbons (Fsp3) is 0.500. The molecule has 0 aromatic carbocycles. The summed E-state index contributed by atoms with van der Waals surface area (Å²) in [6.45, 7) is 6.10. The molecule has 2 aromatic rings. The fourth-order valence-corrected chi connectivity index (χ4v) is 3.94. The minimum atomic E-state index is -0.308. The second-order valence-corrected chi connectivity index (χ2v) is 6.89. The first-order valence-electron chi connectivity index (χ1n) is 7.95. The van der Waals surface area contributed by atoms with E-state index >= 15 is 0 Å². The van der Waals surface area contributed by atoms with Gasteiger partial charge in [0, 0.05) is 10.6 Å². The molecule has 1 atom stereocenters. The molecule has 0 fully saturated rings. The molecule has 1 amide bonds. The van der Waals surface area contributed by atoms with Crippen LogP contribution in [0.25, 0.3) is 0 Å². The molecule has 1 N–H and O–H groups in total. The SMILES string of the molecule is CCOC(=O)C1CCc2sc(NC(=O)Cn3nc(C)cc3C)nc21. The van der Waals surface area contributed by atoms with Crippen LogP contribution >= 0.6 is 11.3 Å². The van der Waals surface area contributed by atoms with Gasteiger partial charge in [-0.2, -0.15) is 5.10 Å². The summed E-state index contributed by atoms with van der Waals surface area (Å²) in [5.74, 6) is -0.721. The number of esters is 1. The summed E-state index contributed by atoms with van der Waals surface area (Å²) in [4.78, 5) is 29.6. The van der Waals surface area contributed by atoms with Crippen molar-refractivity contribution in [2.24, 2.45) is 0 Å². The third-order valence-electron chi connectivity index (χ3n) is 3.93. The lowest BCUT2D eigenvalue weighted by atomic mass is 10.1. The zero-order valence-electron chi connectivity index (χ0n) is 14.0. The van der Waals surface area contributed by atoms with E-state index in [1.54, 1.807) is 11.6 Å². The van der Waals surface area contributed by atoms with Crippen molar-refractivity contribution in [3.05, 3.63) is 28.0 Å². The van der Waals surface area contributed by atoms with Crippen LogP contribution in [0, 0.1) is 13.8 Å². The standard InChI is InChI=1S/C16H20N4O3S/c1-4-23-15(22)11-5-6-12-14(11)18-16(24-12)17-13(21)8-20-10(3)7-9(2)19-20/h7,11H,4-6,8H2,1-3H3,(H,17,18,21). The highest BCUT2D eigenvalue weighted by Crippen LogP contribution is 2.38. The van der Waals surface area contributed by atoms with Gasteiger partial charge in [-0.1, -0.05) is 0 Å². The number of carbonyl (C=O) groups excluding carboxylic acids is 2. The number of aromatic nitrogens is 3. The Morgan fingerprint density at radius 1 is 1.46 bits per heavy atom. The lowest BCUT2D eigenvalue weighted by molar-refractivity contribution is -0.145. The van der Waals surface area contributed by atoms with Gasteiger partial charge in [-0.25, -0.2) is 4.98 Å². The molecule has 0 bridgehead atoms. The fourth-order valence-electron chi connectivity index (χ4n) is 2.88. The van der Waals surface area contributed by atoms with E-state index in [1.807, 2.05) is 19.9 Å². The lowest BCUT2D eigenvalue weighted by Gasteiger charge is -2.08. The molecule has 8 heteroatoms. The van der Waals surface area contributed by atoms with Crippen molar-refractivity contribution in [1.82, 2.24) is 14.8 Å². The van der Waals surface area contributed by atoms with Gasteiger partial charge in [-0.15, -0.1) is 11.3 Å². The molecule has 3 rings (SSSR count). The van der Waals surface area contributed by atoms with E-state index in [0.29, 0.717) is 11.7 Å². The van der Waals surface area contributed by atoms with E-state index in [0.717, 1.165) is 34.8 Å². The summed E-state index contributed by atoms with van der Waals surface area (Å²) in [7, 11) is 0.